The van der Waals surface area contributed by atoms with E-state index >= 15 is 0 Å². The number of hydrogen-bond acceptors (Lipinski definition) is 3. The Balaban J connectivity index is 1.09. The van der Waals surface area contributed by atoms with E-state index in [4.69, 9.17) is 4.11 Å². The van der Waals surface area contributed by atoms with Gasteiger partial charge in [0.05, 0.1) is 29.5 Å². The minimum atomic E-state index is -0.440. The number of nitrogens with zero attached hydrogens (tertiary/aromatic N) is 4. The Morgan fingerprint density at radius 2 is 0.657 bits per heavy atom. The summed E-state index contributed by atoms with van der Waals surface area (Å²) in [5.74, 6) is 0. The Morgan fingerprint density at radius 1 is 0.296 bits per heavy atom. The number of fused-ring (bicyclic) bond motifs is 7. The van der Waals surface area contributed by atoms with Crippen molar-refractivity contribution in [3.8, 4) is 78.5 Å². The number of anilines is 6. The average molecular weight is 1410 g/mol. The lowest BCUT2D eigenvalue weighted by atomic mass is 9.33. The van der Waals surface area contributed by atoms with Gasteiger partial charge >= 0.3 is 0 Å². The first-order chi connectivity index (χ1) is 53.3. The Morgan fingerprint density at radius 3 is 1.10 bits per heavy atom. The summed E-state index contributed by atoms with van der Waals surface area (Å²) in [6, 6.07) is 90.4. The molecule has 108 heavy (non-hydrogen) atoms. The van der Waals surface area contributed by atoms with Crippen LogP contribution in [0.2, 0.25) is 0 Å². The van der Waals surface area contributed by atoms with Crippen LogP contribution >= 0.6 is 0 Å². The number of hydrogen-bond donors (Lipinski definition) is 0. The Bertz CT molecular complexity index is 6110. The van der Waals surface area contributed by atoms with Gasteiger partial charge in [0.25, 0.3) is 6.71 Å². The normalized spacial score (nSPS) is 13.9. The topological polar surface area (TPSA) is 35.2 Å². The van der Waals surface area contributed by atoms with Crippen LogP contribution in [0.1, 0.15) is 170 Å². The molecule has 534 valence electrons. The molecule has 0 N–H and O–H groups in total. The first-order valence-electron chi connectivity index (χ1n) is 40.8. The zero-order valence-electron chi connectivity index (χ0n) is 71.0. The second-order valence-corrected chi connectivity index (χ2v) is 36.4. The summed E-state index contributed by atoms with van der Waals surface area (Å²) >= 11 is 0. The van der Waals surface area contributed by atoms with Gasteiger partial charge in [-0.05, 0) is 222 Å². The molecule has 16 rings (SSSR count). The standard InChI is InChI=1S/C103H99BN4/c1-98(2,3)76-48-71(49-77(60-76)99(4,5)6)68-41-43-89-93(56-68)107(83-46-65(64-105)45-82(63-83)106-91-39-29-27-37-87(91)88-38-28-30-40-92(88)106)95-58-74(73-52-80(102(13,14)15)62-81(53-73)103(16,17)18)59-96-97(95)104(89)90-44-42-69(72-50-78(100(7,8)9)61-79(51-72)101(10,11)12)57-94(90)108(96)84-54-70(66-31-21-19-22-32-66)47-75(55-84)86-36-26-25-35-85(86)67-33-23-20-24-34-67/h19-63H,1-18H3/i20D,23D,24D,33D,34D. The van der Waals surface area contributed by atoms with Crippen molar-refractivity contribution < 1.29 is 6.85 Å². The minimum absolute atomic E-state index is 0.135. The highest BCUT2D eigenvalue weighted by molar-refractivity contribution is 7.00. The van der Waals surface area contributed by atoms with Gasteiger partial charge in [0, 0.05) is 50.6 Å². The number of nitriles is 1. The van der Waals surface area contributed by atoms with Crippen LogP contribution in [0.15, 0.2) is 273 Å². The van der Waals surface area contributed by atoms with Gasteiger partial charge in [0.1, 0.15) is 0 Å². The van der Waals surface area contributed by atoms with Crippen LogP contribution < -0.4 is 26.2 Å². The Kier molecular flexibility index (Phi) is 15.7. The van der Waals surface area contributed by atoms with E-state index in [0.29, 0.717) is 16.7 Å². The summed E-state index contributed by atoms with van der Waals surface area (Å²) in [6.45, 7) is 41.1. The van der Waals surface area contributed by atoms with Crippen molar-refractivity contribution in [1.82, 2.24) is 4.57 Å². The summed E-state index contributed by atoms with van der Waals surface area (Å²) in [6.07, 6.45) is 0. The van der Waals surface area contributed by atoms with Gasteiger partial charge in [-0.3, -0.25) is 0 Å². The maximum atomic E-state index is 11.7. The minimum Gasteiger partial charge on any atom is -0.311 e. The first-order valence-corrected chi connectivity index (χ1v) is 38.3. The summed E-state index contributed by atoms with van der Waals surface area (Å²) in [5.41, 5.74) is 29.2. The summed E-state index contributed by atoms with van der Waals surface area (Å²) in [7, 11) is 0. The second-order valence-electron chi connectivity index (χ2n) is 36.4. The van der Waals surface area contributed by atoms with Gasteiger partial charge in [-0.15, -0.1) is 0 Å². The van der Waals surface area contributed by atoms with E-state index in [0.717, 1.165) is 128 Å². The van der Waals surface area contributed by atoms with Crippen LogP contribution in [0.5, 0.6) is 0 Å². The number of aromatic nitrogens is 1. The second kappa shape index (κ2) is 26.1. The molecule has 0 radical (unpaired) electrons. The van der Waals surface area contributed by atoms with E-state index in [1.165, 1.54) is 33.4 Å². The molecule has 14 aromatic rings. The van der Waals surface area contributed by atoms with Gasteiger partial charge < -0.3 is 14.4 Å². The molecule has 13 aromatic carbocycles. The van der Waals surface area contributed by atoms with Crippen LogP contribution in [0, 0.1) is 11.3 Å². The van der Waals surface area contributed by atoms with Crippen molar-refractivity contribution in [3.63, 3.8) is 0 Å². The zero-order chi connectivity index (χ0) is 80.2. The lowest BCUT2D eigenvalue weighted by molar-refractivity contribution is 0.568. The van der Waals surface area contributed by atoms with Crippen LogP contribution in [-0.2, 0) is 32.5 Å². The average Bonchev–Trinajstić information content (AvgIpc) is 1.58. The molecular formula is C103H99BN4. The highest BCUT2D eigenvalue weighted by atomic mass is 15.2. The summed E-state index contributed by atoms with van der Waals surface area (Å²) < 4.78 is 48.0. The molecule has 4 nitrogen and oxygen atoms in total. The molecule has 0 atom stereocenters. The third-order valence-corrected chi connectivity index (χ3v) is 22.5. The molecule has 0 amide bonds. The molecule has 1 aromatic heterocycles. The summed E-state index contributed by atoms with van der Waals surface area (Å²) in [5, 5.41) is 13.9. The van der Waals surface area contributed by atoms with Crippen molar-refractivity contribution in [2.24, 2.45) is 0 Å². The van der Waals surface area contributed by atoms with E-state index in [1.807, 2.05) is 36.4 Å². The molecule has 0 fully saturated rings. The van der Waals surface area contributed by atoms with E-state index in [1.54, 1.807) is 0 Å². The highest BCUT2D eigenvalue weighted by Gasteiger charge is 2.45. The fourth-order valence-electron chi connectivity index (χ4n) is 16.2. The molecule has 0 unspecified atom stereocenters. The molecule has 3 heterocycles. The van der Waals surface area contributed by atoms with E-state index in [2.05, 4.69) is 351 Å². The van der Waals surface area contributed by atoms with E-state index < -0.39 is 18.1 Å². The molecule has 0 saturated heterocycles. The van der Waals surface area contributed by atoms with Crippen LogP contribution in [-0.4, -0.2) is 11.3 Å². The fourth-order valence-corrected chi connectivity index (χ4v) is 16.2. The zero-order valence-corrected chi connectivity index (χ0v) is 66.0. The first kappa shape index (κ1) is 65.1. The molecule has 0 bridgehead atoms. The van der Waals surface area contributed by atoms with Gasteiger partial charge in [-0.1, -0.05) is 325 Å². The van der Waals surface area contributed by atoms with Crippen LogP contribution in [0.25, 0.3) is 94.3 Å². The molecule has 0 saturated carbocycles. The third-order valence-electron chi connectivity index (χ3n) is 22.5. The smallest absolute Gasteiger partial charge is 0.252 e. The van der Waals surface area contributed by atoms with Gasteiger partial charge in [-0.2, -0.15) is 5.26 Å². The predicted molar refractivity (Wildman–Crippen MR) is 464 cm³/mol. The molecule has 2 aliphatic rings. The quantitative estimate of drug-likeness (QED) is 0.135. The SMILES string of the molecule is [2H]c1c([2H])c([2H])c(-c2ccccc2-c2cc(-c3ccccc3)cc(N3c4cc(-c5cc(C(C)(C)C)cc(C(C)(C)C)c5)ccc4B4c5ccc(-c6cc(C(C)(C)C)cc(C(C)(C)C)c6)cc5N(c5cc(C#N)cc(-n6c7ccccc7c7ccccc76)c5)c5cc(-c6cc(C(C)(C)C)cc(C(C)(C)C)c6)cc3c54)c2)c([2H])c1[2H]. The van der Waals surface area contributed by atoms with Crippen molar-refractivity contribution in [1.29, 1.82) is 5.26 Å². The largest absolute Gasteiger partial charge is 0.311 e. The predicted octanol–water partition coefficient (Wildman–Crippen LogP) is 26.5. The lowest BCUT2D eigenvalue weighted by Gasteiger charge is -2.45. The molecule has 2 aliphatic heterocycles. The van der Waals surface area contributed by atoms with Crippen molar-refractivity contribution in [3.05, 3.63) is 312 Å². The van der Waals surface area contributed by atoms with Gasteiger partial charge in [0.15, 0.2) is 0 Å². The Hall–Kier alpha value is -11.2. The summed E-state index contributed by atoms with van der Waals surface area (Å²) in [4.78, 5) is 4.99. The van der Waals surface area contributed by atoms with Gasteiger partial charge in [0.2, 0.25) is 0 Å². The molecular weight excluding hydrogens is 1300 g/mol. The number of para-hydroxylation sites is 2. The fraction of sp³-hybridized carbons (Fsp3) is 0.233. The van der Waals surface area contributed by atoms with Crippen molar-refractivity contribution >= 4 is 79.0 Å². The molecule has 5 heteroatoms. The third kappa shape index (κ3) is 13.0. The van der Waals surface area contributed by atoms with E-state index in [9.17, 15) is 8.00 Å². The van der Waals surface area contributed by atoms with Gasteiger partial charge in [-0.25, -0.2) is 0 Å². The maximum Gasteiger partial charge on any atom is 0.252 e. The monoisotopic (exact) mass is 1410 g/mol. The van der Waals surface area contributed by atoms with Crippen LogP contribution in [0.3, 0.4) is 0 Å². The Labute approximate surface area is 649 Å². The van der Waals surface area contributed by atoms with E-state index in [-0.39, 0.29) is 56.9 Å². The maximum absolute atomic E-state index is 11.7. The molecule has 0 spiro atoms. The molecule has 0 aliphatic carbocycles. The van der Waals surface area contributed by atoms with Crippen molar-refractivity contribution in [2.45, 2.75) is 157 Å². The number of rotatable bonds is 9. The number of benzene rings is 13. The van der Waals surface area contributed by atoms with Crippen LogP contribution in [0.4, 0.5) is 34.1 Å². The van der Waals surface area contributed by atoms with Crippen molar-refractivity contribution in [2.75, 3.05) is 9.80 Å². The highest BCUT2D eigenvalue weighted by Crippen LogP contribution is 2.52. The lowest BCUT2D eigenvalue weighted by Crippen LogP contribution is -2.61.